The van der Waals surface area contributed by atoms with E-state index in [-0.39, 0.29) is 30.4 Å². The topological polar surface area (TPSA) is 88.6 Å². The number of amides is 1. The smallest absolute Gasteiger partial charge is 0.416 e. The van der Waals surface area contributed by atoms with E-state index < -0.39 is 6.09 Å². The van der Waals surface area contributed by atoms with E-state index in [1.807, 2.05) is 27.7 Å². The van der Waals surface area contributed by atoms with E-state index in [1.165, 1.54) is 0 Å². The van der Waals surface area contributed by atoms with Crippen molar-refractivity contribution in [1.29, 1.82) is 0 Å². The fraction of sp³-hybridized carbons (Fsp3) is 0.750. The first-order valence-corrected chi connectivity index (χ1v) is 10.2. The molecular weight excluding hydrogens is 358 g/mol. The second kappa shape index (κ2) is 8.61. The molecule has 2 aliphatic heterocycles. The fourth-order valence-corrected chi connectivity index (χ4v) is 3.90. The molecule has 156 valence electrons. The Hall–Kier alpha value is -1.93. The van der Waals surface area contributed by atoms with E-state index in [2.05, 4.69) is 27.5 Å². The highest BCUT2D eigenvalue weighted by atomic mass is 16.6. The Kier molecular flexibility index (Phi) is 6.40. The minimum atomic E-state index is -0.398. The molecule has 2 fully saturated rings. The number of hydrogen-bond donors (Lipinski definition) is 2. The predicted octanol–water partition coefficient (Wildman–Crippen LogP) is 2.81. The first-order chi connectivity index (χ1) is 13.2. The normalized spacial score (nSPS) is 23.4. The molecule has 2 saturated heterocycles. The molecule has 0 bridgehead atoms. The lowest BCUT2D eigenvalue weighted by atomic mass is 9.91. The van der Waals surface area contributed by atoms with Gasteiger partial charge in [-0.25, -0.2) is 9.78 Å². The summed E-state index contributed by atoms with van der Waals surface area (Å²) in [5.41, 5.74) is -0.306. The number of aromatic nitrogens is 2. The SMILES string of the molecule is C[C@H](Nc1nccc(N2C(=O)OCC2[C@@H](C)OC(C)(C)C)n1)C1CCNCC1. The summed E-state index contributed by atoms with van der Waals surface area (Å²) in [4.78, 5) is 22.9. The minimum Gasteiger partial charge on any atom is -0.447 e. The van der Waals surface area contributed by atoms with Gasteiger partial charge in [-0.3, -0.25) is 4.90 Å². The zero-order valence-electron chi connectivity index (χ0n) is 17.6. The van der Waals surface area contributed by atoms with Crippen molar-refractivity contribution in [2.75, 3.05) is 29.9 Å². The van der Waals surface area contributed by atoms with Crippen LogP contribution in [-0.4, -0.2) is 59.5 Å². The molecule has 2 aliphatic rings. The maximum atomic E-state index is 12.4. The summed E-state index contributed by atoms with van der Waals surface area (Å²) in [6.45, 7) is 12.5. The lowest BCUT2D eigenvalue weighted by Crippen LogP contribution is -2.45. The summed E-state index contributed by atoms with van der Waals surface area (Å²) in [6.07, 6.45) is 3.36. The summed E-state index contributed by atoms with van der Waals surface area (Å²) in [7, 11) is 0. The van der Waals surface area contributed by atoms with Gasteiger partial charge in [-0.1, -0.05) is 0 Å². The molecule has 0 aromatic carbocycles. The average molecular weight is 392 g/mol. The van der Waals surface area contributed by atoms with Crippen molar-refractivity contribution in [2.24, 2.45) is 5.92 Å². The molecule has 0 saturated carbocycles. The standard InChI is InChI=1S/C20H33N5O3/c1-13(15-6-9-21-10-7-15)23-18-22-11-8-17(24-18)25-16(12-27-19(25)26)14(2)28-20(3,4)5/h8,11,13-16,21H,6-7,9-10,12H2,1-5H3,(H,22,23,24)/t13-,14+,16?/m0/s1. The molecule has 28 heavy (non-hydrogen) atoms. The molecule has 1 aromatic heterocycles. The largest absolute Gasteiger partial charge is 0.447 e. The van der Waals surface area contributed by atoms with E-state index in [0.717, 1.165) is 25.9 Å². The molecule has 1 amide bonds. The second-order valence-electron chi connectivity index (χ2n) is 8.71. The van der Waals surface area contributed by atoms with Gasteiger partial charge in [0.15, 0.2) is 0 Å². The number of hydrogen-bond acceptors (Lipinski definition) is 7. The summed E-state index contributed by atoms with van der Waals surface area (Å²) < 4.78 is 11.4. The monoisotopic (exact) mass is 391 g/mol. The third-order valence-corrected chi connectivity index (χ3v) is 5.32. The first kappa shape index (κ1) is 20.8. The van der Waals surface area contributed by atoms with Crippen molar-refractivity contribution >= 4 is 17.9 Å². The van der Waals surface area contributed by atoms with Crippen molar-refractivity contribution in [3.8, 4) is 0 Å². The maximum absolute atomic E-state index is 12.4. The van der Waals surface area contributed by atoms with Crippen LogP contribution in [0.4, 0.5) is 16.6 Å². The van der Waals surface area contributed by atoms with Crippen LogP contribution in [-0.2, 0) is 9.47 Å². The molecule has 0 spiro atoms. The number of rotatable bonds is 6. The van der Waals surface area contributed by atoms with E-state index in [4.69, 9.17) is 9.47 Å². The van der Waals surface area contributed by atoms with Crippen LogP contribution >= 0.6 is 0 Å². The van der Waals surface area contributed by atoms with Gasteiger partial charge in [-0.2, -0.15) is 4.98 Å². The summed E-state index contributed by atoms with van der Waals surface area (Å²) in [5, 5.41) is 6.80. The summed E-state index contributed by atoms with van der Waals surface area (Å²) in [6, 6.07) is 1.78. The molecule has 0 aliphatic carbocycles. The van der Waals surface area contributed by atoms with Crippen molar-refractivity contribution in [2.45, 2.75) is 71.2 Å². The Morgan fingerprint density at radius 3 is 2.71 bits per heavy atom. The van der Waals surface area contributed by atoms with Crippen LogP contribution in [0, 0.1) is 5.92 Å². The third kappa shape index (κ3) is 5.11. The van der Waals surface area contributed by atoms with Crippen LogP contribution in [0.1, 0.15) is 47.5 Å². The number of nitrogens with zero attached hydrogens (tertiary/aromatic N) is 3. The van der Waals surface area contributed by atoms with Gasteiger partial charge >= 0.3 is 6.09 Å². The van der Waals surface area contributed by atoms with Gasteiger partial charge in [-0.15, -0.1) is 0 Å². The van der Waals surface area contributed by atoms with Crippen molar-refractivity contribution in [3.05, 3.63) is 12.3 Å². The van der Waals surface area contributed by atoms with Gasteiger partial charge in [0, 0.05) is 12.2 Å². The maximum Gasteiger partial charge on any atom is 0.416 e. The van der Waals surface area contributed by atoms with Crippen molar-refractivity contribution < 1.29 is 14.3 Å². The number of cyclic esters (lactones) is 1. The number of piperidine rings is 1. The minimum absolute atomic E-state index is 0.188. The molecule has 1 unspecified atom stereocenters. The molecule has 0 radical (unpaired) electrons. The molecular formula is C20H33N5O3. The zero-order chi connectivity index (χ0) is 20.3. The number of carbonyl (C=O) groups is 1. The highest BCUT2D eigenvalue weighted by Gasteiger charge is 2.40. The molecule has 2 N–H and O–H groups in total. The zero-order valence-corrected chi connectivity index (χ0v) is 17.6. The number of anilines is 2. The van der Waals surface area contributed by atoms with Crippen molar-refractivity contribution in [1.82, 2.24) is 15.3 Å². The van der Waals surface area contributed by atoms with Crippen LogP contribution in [0.15, 0.2) is 12.3 Å². The summed E-state index contributed by atoms with van der Waals surface area (Å²) >= 11 is 0. The predicted molar refractivity (Wildman–Crippen MR) is 109 cm³/mol. The van der Waals surface area contributed by atoms with Crippen LogP contribution in [0.3, 0.4) is 0 Å². The Morgan fingerprint density at radius 2 is 2.04 bits per heavy atom. The fourth-order valence-electron chi connectivity index (χ4n) is 3.90. The summed E-state index contributed by atoms with van der Waals surface area (Å²) in [5.74, 6) is 1.65. The molecule has 1 aromatic rings. The molecule has 3 rings (SSSR count). The van der Waals surface area contributed by atoms with Gasteiger partial charge in [0.2, 0.25) is 5.95 Å². The molecule has 3 atom stereocenters. The number of ether oxygens (including phenoxy) is 2. The number of nitrogens with one attached hydrogen (secondary N) is 2. The van der Waals surface area contributed by atoms with Gasteiger partial charge in [0.25, 0.3) is 0 Å². The van der Waals surface area contributed by atoms with E-state index in [9.17, 15) is 4.79 Å². The first-order valence-electron chi connectivity index (χ1n) is 10.2. The second-order valence-corrected chi connectivity index (χ2v) is 8.71. The molecule has 8 nitrogen and oxygen atoms in total. The average Bonchev–Trinajstić information content (AvgIpc) is 3.03. The quantitative estimate of drug-likeness (QED) is 0.771. The Labute approximate surface area is 167 Å². The third-order valence-electron chi connectivity index (χ3n) is 5.32. The Balaban J connectivity index is 1.72. The van der Waals surface area contributed by atoms with Gasteiger partial charge in [0.05, 0.1) is 11.7 Å². The van der Waals surface area contributed by atoms with Crippen LogP contribution in [0.2, 0.25) is 0 Å². The Bertz CT molecular complexity index is 672. The lowest BCUT2D eigenvalue weighted by Gasteiger charge is -2.31. The molecule has 8 heteroatoms. The van der Waals surface area contributed by atoms with Crippen molar-refractivity contribution in [3.63, 3.8) is 0 Å². The highest BCUT2D eigenvalue weighted by molar-refractivity contribution is 5.89. The van der Waals surface area contributed by atoms with E-state index >= 15 is 0 Å². The van der Waals surface area contributed by atoms with E-state index in [1.54, 1.807) is 17.2 Å². The molecule has 3 heterocycles. The van der Waals surface area contributed by atoms with Gasteiger partial charge in [0.1, 0.15) is 18.5 Å². The van der Waals surface area contributed by atoms with Crippen LogP contribution < -0.4 is 15.5 Å². The van der Waals surface area contributed by atoms with E-state index in [0.29, 0.717) is 17.7 Å². The highest BCUT2D eigenvalue weighted by Crippen LogP contribution is 2.27. The van der Waals surface area contributed by atoms with Gasteiger partial charge < -0.3 is 20.1 Å². The lowest BCUT2D eigenvalue weighted by molar-refractivity contribution is -0.0618. The van der Waals surface area contributed by atoms with Crippen LogP contribution in [0.5, 0.6) is 0 Å². The van der Waals surface area contributed by atoms with Gasteiger partial charge in [-0.05, 0) is 72.5 Å². The number of carbonyl (C=O) groups excluding carboxylic acids is 1. The van der Waals surface area contributed by atoms with Crippen LogP contribution in [0.25, 0.3) is 0 Å². The Morgan fingerprint density at radius 1 is 1.32 bits per heavy atom.